The first-order chi connectivity index (χ1) is 13.4. The molecule has 4 aromatic rings. The van der Waals surface area contributed by atoms with Crippen LogP contribution in [-0.4, -0.2) is 32.6 Å². The van der Waals surface area contributed by atoms with Gasteiger partial charge in [0.2, 0.25) is 5.91 Å². The number of benzene rings is 1. The molecule has 1 amide bonds. The van der Waals surface area contributed by atoms with E-state index in [0.717, 1.165) is 44.3 Å². The Balaban J connectivity index is 1.48. The van der Waals surface area contributed by atoms with E-state index in [1.165, 1.54) is 11.3 Å². The molecule has 0 aliphatic rings. The first-order valence-electron chi connectivity index (χ1n) is 9.01. The van der Waals surface area contributed by atoms with E-state index in [2.05, 4.69) is 20.4 Å². The Morgan fingerprint density at radius 3 is 2.82 bits per heavy atom. The van der Waals surface area contributed by atoms with Crippen LogP contribution in [0.2, 0.25) is 0 Å². The fourth-order valence-electron chi connectivity index (χ4n) is 3.31. The fraction of sp³-hybridized carbons (Fsp3) is 0.300. The van der Waals surface area contributed by atoms with Crippen molar-refractivity contribution in [3.63, 3.8) is 0 Å². The number of amides is 1. The van der Waals surface area contributed by atoms with Crippen molar-refractivity contribution in [2.24, 2.45) is 0 Å². The van der Waals surface area contributed by atoms with Gasteiger partial charge in [-0.1, -0.05) is 11.3 Å². The molecule has 7 nitrogen and oxygen atoms in total. The number of methoxy groups -OCH3 is 1. The maximum atomic E-state index is 12.5. The minimum atomic E-state index is -0.0680. The van der Waals surface area contributed by atoms with E-state index < -0.39 is 0 Å². The van der Waals surface area contributed by atoms with E-state index in [1.54, 1.807) is 7.11 Å². The molecule has 0 aliphatic heterocycles. The van der Waals surface area contributed by atoms with Crippen molar-refractivity contribution in [3.8, 4) is 5.75 Å². The maximum Gasteiger partial charge on any atom is 0.226 e. The molecule has 3 heterocycles. The SMILES string of the molecule is COc1ccc2nc(NC(=O)CCc3c(C)nc4cc(C)nn4c3C)sc2c1. The van der Waals surface area contributed by atoms with E-state index in [4.69, 9.17) is 4.74 Å². The van der Waals surface area contributed by atoms with E-state index in [0.29, 0.717) is 18.0 Å². The summed E-state index contributed by atoms with van der Waals surface area (Å²) < 4.78 is 8.05. The zero-order chi connectivity index (χ0) is 19.8. The Kier molecular flexibility index (Phi) is 4.72. The van der Waals surface area contributed by atoms with Crippen LogP contribution in [0.5, 0.6) is 5.75 Å². The molecule has 8 heteroatoms. The van der Waals surface area contributed by atoms with Gasteiger partial charge in [0.1, 0.15) is 5.75 Å². The Bertz CT molecular complexity index is 1190. The number of ether oxygens (including phenoxy) is 1. The number of carbonyl (C=O) groups excluding carboxylic acids is 1. The normalized spacial score (nSPS) is 11.3. The van der Waals surface area contributed by atoms with Crippen molar-refractivity contribution in [1.29, 1.82) is 0 Å². The van der Waals surface area contributed by atoms with Crippen LogP contribution < -0.4 is 10.1 Å². The number of carbonyl (C=O) groups is 1. The number of aryl methyl sites for hydroxylation is 3. The summed E-state index contributed by atoms with van der Waals surface area (Å²) in [4.78, 5) is 21.5. The lowest BCUT2D eigenvalue weighted by molar-refractivity contribution is -0.116. The lowest BCUT2D eigenvalue weighted by Crippen LogP contribution is -2.14. The maximum absolute atomic E-state index is 12.5. The van der Waals surface area contributed by atoms with Crippen LogP contribution >= 0.6 is 11.3 Å². The highest BCUT2D eigenvalue weighted by atomic mass is 32.1. The highest BCUT2D eigenvalue weighted by Crippen LogP contribution is 2.29. The van der Waals surface area contributed by atoms with Gasteiger partial charge >= 0.3 is 0 Å². The van der Waals surface area contributed by atoms with Gasteiger partial charge in [-0.05, 0) is 51.0 Å². The van der Waals surface area contributed by atoms with E-state index >= 15 is 0 Å². The molecule has 0 fully saturated rings. The van der Waals surface area contributed by atoms with Gasteiger partial charge in [-0.2, -0.15) is 5.10 Å². The monoisotopic (exact) mass is 395 g/mol. The summed E-state index contributed by atoms with van der Waals surface area (Å²) in [6, 6.07) is 7.63. The minimum Gasteiger partial charge on any atom is -0.497 e. The summed E-state index contributed by atoms with van der Waals surface area (Å²) in [5.41, 5.74) is 5.62. The number of fused-ring (bicyclic) bond motifs is 2. The second-order valence-corrected chi connectivity index (χ2v) is 7.75. The van der Waals surface area contributed by atoms with Crippen LogP contribution in [-0.2, 0) is 11.2 Å². The second-order valence-electron chi connectivity index (χ2n) is 6.72. The zero-order valence-corrected chi connectivity index (χ0v) is 17.1. The van der Waals surface area contributed by atoms with Crippen LogP contribution in [0.25, 0.3) is 15.9 Å². The van der Waals surface area contributed by atoms with Crippen molar-refractivity contribution in [2.45, 2.75) is 33.6 Å². The number of hydrogen-bond donors (Lipinski definition) is 1. The van der Waals surface area contributed by atoms with Crippen LogP contribution in [0, 0.1) is 20.8 Å². The molecule has 3 aromatic heterocycles. The van der Waals surface area contributed by atoms with Gasteiger partial charge in [0.25, 0.3) is 0 Å². The Labute approximate surface area is 166 Å². The summed E-state index contributed by atoms with van der Waals surface area (Å²) in [7, 11) is 1.63. The third-order valence-corrected chi connectivity index (χ3v) is 5.66. The second kappa shape index (κ2) is 7.20. The summed E-state index contributed by atoms with van der Waals surface area (Å²) >= 11 is 1.44. The third kappa shape index (κ3) is 3.43. The number of hydrogen-bond acceptors (Lipinski definition) is 6. The lowest BCUT2D eigenvalue weighted by atomic mass is 10.1. The smallest absolute Gasteiger partial charge is 0.226 e. The first kappa shape index (κ1) is 18.4. The number of anilines is 1. The molecular formula is C20H21N5O2S. The molecule has 1 N–H and O–H groups in total. The number of nitrogens with zero attached hydrogens (tertiary/aromatic N) is 4. The molecule has 28 heavy (non-hydrogen) atoms. The third-order valence-electron chi connectivity index (χ3n) is 4.73. The average Bonchev–Trinajstić information content (AvgIpc) is 3.22. The molecule has 144 valence electrons. The summed E-state index contributed by atoms with van der Waals surface area (Å²) in [6.07, 6.45) is 0.957. The van der Waals surface area contributed by atoms with E-state index in [1.807, 2.05) is 49.6 Å². The van der Waals surface area contributed by atoms with Crippen LogP contribution in [0.4, 0.5) is 5.13 Å². The highest BCUT2D eigenvalue weighted by molar-refractivity contribution is 7.22. The van der Waals surface area contributed by atoms with Crippen molar-refractivity contribution in [2.75, 3.05) is 12.4 Å². The van der Waals surface area contributed by atoms with E-state index in [-0.39, 0.29) is 5.91 Å². The van der Waals surface area contributed by atoms with Gasteiger partial charge in [0, 0.05) is 23.9 Å². The van der Waals surface area contributed by atoms with Gasteiger partial charge in [0.15, 0.2) is 10.8 Å². The molecule has 0 spiro atoms. The number of aromatic nitrogens is 4. The molecular weight excluding hydrogens is 374 g/mol. The van der Waals surface area contributed by atoms with Crippen LogP contribution in [0.15, 0.2) is 24.3 Å². The Morgan fingerprint density at radius 2 is 2.04 bits per heavy atom. The van der Waals surface area contributed by atoms with Gasteiger partial charge in [0.05, 0.1) is 23.0 Å². The molecule has 0 bridgehead atoms. The number of thiazole rings is 1. The molecule has 0 atom stereocenters. The average molecular weight is 395 g/mol. The Hall–Kier alpha value is -3.00. The van der Waals surface area contributed by atoms with Crippen LogP contribution in [0.1, 0.15) is 29.1 Å². The number of rotatable bonds is 5. The Morgan fingerprint density at radius 1 is 1.21 bits per heavy atom. The first-order valence-corrected chi connectivity index (χ1v) is 9.83. The van der Waals surface area contributed by atoms with Gasteiger partial charge < -0.3 is 10.1 Å². The standard InChI is InChI=1S/C20H21N5O2S/c1-11-9-18-21-12(2)15(13(3)25(18)24-11)6-8-19(26)23-20-22-16-7-5-14(27-4)10-17(16)28-20/h5,7,9-10H,6,8H2,1-4H3,(H,22,23,26). The predicted molar refractivity (Wildman–Crippen MR) is 110 cm³/mol. The summed E-state index contributed by atoms with van der Waals surface area (Å²) in [5.74, 6) is 0.707. The molecule has 0 saturated heterocycles. The van der Waals surface area contributed by atoms with Crippen LogP contribution in [0.3, 0.4) is 0 Å². The number of nitrogens with one attached hydrogen (secondary N) is 1. The van der Waals surface area contributed by atoms with E-state index in [9.17, 15) is 4.79 Å². The molecule has 0 unspecified atom stereocenters. The van der Waals surface area contributed by atoms with Crippen molar-refractivity contribution in [1.82, 2.24) is 19.6 Å². The lowest BCUT2D eigenvalue weighted by Gasteiger charge is -2.10. The summed E-state index contributed by atoms with van der Waals surface area (Å²) in [6.45, 7) is 5.94. The summed E-state index contributed by atoms with van der Waals surface area (Å²) in [5, 5.41) is 7.98. The molecule has 0 radical (unpaired) electrons. The topological polar surface area (TPSA) is 81.4 Å². The van der Waals surface area contributed by atoms with Gasteiger partial charge in [-0.25, -0.2) is 14.5 Å². The molecule has 1 aromatic carbocycles. The van der Waals surface area contributed by atoms with Gasteiger partial charge in [-0.15, -0.1) is 0 Å². The van der Waals surface area contributed by atoms with Crippen molar-refractivity contribution < 1.29 is 9.53 Å². The predicted octanol–water partition coefficient (Wildman–Crippen LogP) is 3.84. The van der Waals surface area contributed by atoms with Crippen molar-refractivity contribution >= 4 is 38.2 Å². The highest BCUT2D eigenvalue weighted by Gasteiger charge is 2.14. The molecule has 0 aliphatic carbocycles. The molecule has 4 rings (SSSR count). The van der Waals surface area contributed by atoms with Crippen molar-refractivity contribution in [3.05, 3.63) is 46.9 Å². The zero-order valence-electron chi connectivity index (χ0n) is 16.2. The van der Waals surface area contributed by atoms with Gasteiger partial charge in [-0.3, -0.25) is 4.79 Å². The molecule has 0 saturated carbocycles. The fourth-order valence-corrected chi connectivity index (χ4v) is 4.22. The quantitative estimate of drug-likeness (QED) is 0.555. The minimum absolute atomic E-state index is 0.0680. The largest absolute Gasteiger partial charge is 0.497 e.